The van der Waals surface area contributed by atoms with Gasteiger partial charge in [0.1, 0.15) is 4.88 Å². The first-order chi connectivity index (χ1) is 10.1. The van der Waals surface area contributed by atoms with Crippen LogP contribution in [0, 0.1) is 0 Å². The van der Waals surface area contributed by atoms with E-state index in [1.54, 1.807) is 6.20 Å². The zero-order valence-electron chi connectivity index (χ0n) is 10.8. The van der Waals surface area contributed by atoms with Crippen molar-refractivity contribution < 1.29 is 4.79 Å². The predicted molar refractivity (Wildman–Crippen MR) is 89.9 cm³/mol. The second-order valence-electron chi connectivity index (χ2n) is 4.39. The molecule has 0 aliphatic carbocycles. The fraction of sp³-hybridized carbons (Fsp3) is 0.0667. The predicted octanol–water partition coefficient (Wildman–Crippen LogP) is 4.64. The third-order valence-electron chi connectivity index (χ3n) is 2.95. The molecule has 0 aliphatic rings. The number of fused-ring (bicyclic) bond motifs is 1. The molecule has 6 heteroatoms. The highest BCUT2D eigenvalue weighted by atomic mass is 79.9. The Morgan fingerprint density at radius 1 is 1.33 bits per heavy atom. The lowest BCUT2D eigenvalue weighted by molar-refractivity contribution is 0.0954. The summed E-state index contributed by atoms with van der Waals surface area (Å²) in [6, 6.07) is 11.4. The standard InChI is InChI=1S/C15H10BrClN2OS/c16-9-4-5-11-12(7-9)21-14(13(11)17)15(20)19-8-10-3-1-2-6-18-10/h1-7H,8H2,(H,19,20). The van der Waals surface area contributed by atoms with Gasteiger partial charge >= 0.3 is 0 Å². The normalized spacial score (nSPS) is 10.8. The largest absolute Gasteiger partial charge is 0.346 e. The minimum Gasteiger partial charge on any atom is -0.346 e. The fourth-order valence-electron chi connectivity index (χ4n) is 1.94. The van der Waals surface area contributed by atoms with E-state index in [2.05, 4.69) is 26.2 Å². The van der Waals surface area contributed by atoms with E-state index in [1.165, 1.54) is 11.3 Å². The number of carbonyl (C=O) groups excluding carboxylic acids is 1. The molecule has 0 spiro atoms. The number of thiophene rings is 1. The van der Waals surface area contributed by atoms with Gasteiger partial charge in [0.05, 0.1) is 17.3 Å². The number of hydrogen-bond acceptors (Lipinski definition) is 3. The zero-order valence-corrected chi connectivity index (χ0v) is 13.9. The molecule has 1 N–H and O–H groups in total. The lowest BCUT2D eigenvalue weighted by atomic mass is 10.2. The second kappa shape index (κ2) is 6.13. The summed E-state index contributed by atoms with van der Waals surface area (Å²) in [5.74, 6) is -0.178. The van der Waals surface area contributed by atoms with Crippen molar-refractivity contribution in [2.24, 2.45) is 0 Å². The Morgan fingerprint density at radius 2 is 2.19 bits per heavy atom. The lowest BCUT2D eigenvalue weighted by Gasteiger charge is -2.03. The minimum atomic E-state index is -0.178. The Balaban J connectivity index is 1.83. The van der Waals surface area contributed by atoms with Gasteiger partial charge in [-0.3, -0.25) is 9.78 Å². The summed E-state index contributed by atoms with van der Waals surface area (Å²) in [6.45, 7) is 0.383. The number of hydrogen-bond donors (Lipinski definition) is 1. The highest BCUT2D eigenvalue weighted by Gasteiger charge is 2.17. The molecule has 0 saturated carbocycles. The van der Waals surface area contributed by atoms with Crippen LogP contribution in [0.1, 0.15) is 15.4 Å². The van der Waals surface area contributed by atoms with E-state index in [4.69, 9.17) is 11.6 Å². The van der Waals surface area contributed by atoms with Crippen LogP contribution in [-0.4, -0.2) is 10.9 Å². The minimum absolute atomic E-state index is 0.178. The van der Waals surface area contributed by atoms with Gasteiger partial charge < -0.3 is 5.32 Å². The molecule has 3 aromatic rings. The highest BCUT2D eigenvalue weighted by Crippen LogP contribution is 2.36. The third-order valence-corrected chi connectivity index (χ3v) is 5.10. The lowest BCUT2D eigenvalue weighted by Crippen LogP contribution is -2.22. The number of halogens is 2. The SMILES string of the molecule is O=C(NCc1ccccn1)c1sc2cc(Br)ccc2c1Cl. The van der Waals surface area contributed by atoms with E-state index in [1.807, 2.05) is 36.4 Å². The number of nitrogens with one attached hydrogen (secondary N) is 1. The molecule has 2 aromatic heterocycles. The molecule has 3 rings (SSSR count). The molecular formula is C15H10BrClN2OS. The summed E-state index contributed by atoms with van der Waals surface area (Å²) in [5, 5.41) is 4.24. The molecule has 1 amide bonds. The third kappa shape index (κ3) is 3.10. The van der Waals surface area contributed by atoms with Gasteiger partial charge in [-0.1, -0.05) is 39.7 Å². The van der Waals surface area contributed by atoms with Crippen LogP contribution < -0.4 is 5.32 Å². The molecule has 3 nitrogen and oxygen atoms in total. The summed E-state index contributed by atoms with van der Waals surface area (Å²) < 4.78 is 1.95. The van der Waals surface area contributed by atoms with E-state index >= 15 is 0 Å². The van der Waals surface area contributed by atoms with Crippen LogP contribution in [0.15, 0.2) is 47.1 Å². The topological polar surface area (TPSA) is 42.0 Å². The summed E-state index contributed by atoms with van der Waals surface area (Å²) in [7, 11) is 0. The van der Waals surface area contributed by atoms with E-state index in [9.17, 15) is 4.79 Å². The van der Waals surface area contributed by atoms with Crippen molar-refractivity contribution >= 4 is 54.9 Å². The molecule has 0 unspecified atom stereocenters. The summed E-state index contributed by atoms with van der Waals surface area (Å²) in [4.78, 5) is 17.0. The van der Waals surface area contributed by atoms with Crippen LogP contribution in [-0.2, 0) is 6.54 Å². The van der Waals surface area contributed by atoms with Gasteiger partial charge in [-0.15, -0.1) is 11.3 Å². The summed E-state index contributed by atoms with van der Waals surface area (Å²) in [5.41, 5.74) is 0.811. The maximum absolute atomic E-state index is 12.3. The monoisotopic (exact) mass is 380 g/mol. The molecule has 0 fully saturated rings. The molecule has 0 radical (unpaired) electrons. The average molecular weight is 382 g/mol. The van der Waals surface area contributed by atoms with Gasteiger partial charge in [0.25, 0.3) is 5.91 Å². The molecule has 2 heterocycles. The number of pyridine rings is 1. The molecule has 0 saturated heterocycles. The van der Waals surface area contributed by atoms with Gasteiger partial charge in [0.15, 0.2) is 0 Å². The van der Waals surface area contributed by atoms with Gasteiger partial charge in [0, 0.05) is 20.8 Å². The molecule has 0 atom stereocenters. The number of aromatic nitrogens is 1. The maximum Gasteiger partial charge on any atom is 0.263 e. The highest BCUT2D eigenvalue weighted by molar-refractivity contribution is 9.10. The maximum atomic E-state index is 12.3. The van der Waals surface area contributed by atoms with E-state index in [0.717, 1.165) is 20.3 Å². The Hall–Kier alpha value is -1.43. The van der Waals surface area contributed by atoms with Crippen molar-refractivity contribution in [3.05, 3.63) is 62.7 Å². The Morgan fingerprint density at radius 3 is 2.95 bits per heavy atom. The van der Waals surface area contributed by atoms with Crippen molar-refractivity contribution in [2.45, 2.75) is 6.54 Å². The van der Waals surface area contributed by atoms with Gasteiger partial charge in [-0.25, -0.2) is 0 Å². The first kappa shape index (κ1) is 14.5. The first-order valence-electron chi connectivity index (χ1n) is 6.21. The summed E-state index contributed by atoms with van der Waals surface area (Å²) >= 11 is 11.1. The van der Waals surface area contributed by atoms with Crippen LogP contribution in [0.5, 0.6) is 0 Å². The molecule has 1 aromatic carbocycles. The molecule has 21 heavy (non-hydrogen) atoms. The molecule has 106 valence electrons. The Kier molecular flexibility index (Phi) is 4.24. The number of benzene rings is 1. The molecule has 0 aliphatic heterocycles. The molecule has 0 bridgehead atoms. The van der Waals surface area contributed by atoms with Gasteiger partial charge in [-0.2, -0.15) is 0 Å². The van der Waals surface area contributed by atoms with E-state index in [-0.39, 0.29) is 5.91 Å². The average Bonchev–Trinajstić information content (AvgIpc) is 2.82. The van der Waals surface area contributed by atoms with Crippen LogP contribution in [0.4, 0.5) is 0 Å². The summed E-state index contributed by atoms with van der Waals surface area (Å²) in [6.07, 6.45) is 1.70. The van der Waals surface area contributed by atoms with Crippen molar-refractivity contribution in [3.63, 3.8) is 0 Å². The van der Waals surface area contributed by atoms with Gasteiger partial charge in [-0.05, 0) is 24.3 Å². The zero-order chi connectivity index (χ0) is 14.8. The van der Waals surface area contributed by atoms with Crippen molar-refractivity contribution in [3.8, 4) is 0 Å². The van der Waals surface area contributed by atoms with Crippen molar-refractivity contribution in [1.29, 1.82) is 0 Å². The second-order valence-corrected chi connectivity index (χ2v) is 6.74. The first-order valence-corrected chi connectivity index (χ1v) is 8.19. The smallest absolute Gasteiger partial charge is 0.263 e. The van der Waals surface area contributed by atoms with Crippen molar-refractivity contribution in [2.75, 3.05) is 0 Å². The quantitative estimate of drug-likeness (QED) is 0.718. The van der Waals surface area contributed by atoms with Gasteiger partial charge in [0.2, 0.25) is 0 Å². The van der Waals surface area contributed by atoms with E-state index in [0.29, 0.717) is 16.4 Å². The number of rotatable bonds is 3. The van der Waals surface area contributed by atoms with Crippen molar-refractivity contribution in [1.82, 2.24) is 10.3 Å². The molecular weight excluding hydrogens is 372 g/mol. The number of amides is 1. The number of carbonyl (C=O) groups is 1. The number of nitrogens with zero attached hydrogens (tertiary/aromatic N) is 1. The van der Waals surface area contributed by atoms with Crippen LogP contribution in [0.3, 0.4) is 0 Å². The van der Waals surface area contributed by atoms with Crippen LogP contribution in [0.25, 0.3) is 10.1 Å². The Labute approximate surface area is 139 Å². The van der Waals surface area contributed by atoms with E-state index < -0.39 is 0 Å². The Bertz CT molecular complexity index is 804. The van der Waals surface area contributed by atoms with Crippen LogP contribution in [0.2, 0.25) is 5.02 Å². The van der Waals surface area contributed by atoms with Crippen LogP contribution >= 0.6 is 38.9 Å². The fourth-order valence-corrected chi connectivity index (χ4v) is 3.92.